The van der Waals surface area contributed by atoms with E-state index in [1.807, 2.05) is 30.3 Å². The summed E-state index contributed by atoms with van der Waals surface area (Å²) >= 11 is 0. The lowest BCUT2D eigenvalue weighted by Crippen LogP contribution is -2.45. The molecule has 1 aromatic carbocycles. The Balaban J connectivity index is 1.94. The van der Waals surface area contributed by atoms with Gasteiger partial charge in [-0.2, -0.15) is 0 Å². The van der Waals surface area contributed by atoms with Crippen molar-refractivity contribution in [1.29, 1.82) is 0 Å². The zero-order valence-electron chi connectivity index (χ0n) is 10.7. The Kier molecular flexibility index (Phi) is 3.68. The van der Waals surface area contributed by atoms with Gasteiger partial charge >= 0.3 is 0 Å². The lowest BCUT2D eigenvalue weighted by atomic mass is 10.1. The van der Waals surface area contributed by atoms with Crippen LogP contribution >= 0.6 is 0 Å². The lowest BCUT2D eigenvalue weighted by molar-refractivity contribution is -0.132. The fraction of sp³-hybridized carbons (Fsp3) is 0.500. The second kappa shape index (κ2) is 5.08. The Bertz CT molecular complexity index is 417. The Hall–Kier alpha value is -1.39. The molecule has 2 atom stereocenters. The molecule has 0 aromatic heterocycles. The van der Waals surface area contributed by atoms with E-state index in [1.165, 1.54) is 0 Å². The van der Waals surface area contributed by atoms with Crippen LogP contribution in [0.25, 0.3) is 0 Å². The highest BCUT2D eigenvalue weighted by atomic mass is 16.3. The molecule has 1 aliphatic rings. The number of carbonyl (C=O) groups is 1. The van der Waals surface area contributed by atoms with Gasteiger partial charge in [0.15, 0.2) is 0 Å². The van der Waals surface area contributed by atoms with E-state index in [1.54, 1.807) is 11.8 Å². The summed E-state index contributed by atoms with van der Waals surface area (Å²) in [6, 6.07) is 9.22. The first kappa shape index (κ1) is 13.1. The molecule has 2 rings (SSSR count). The maximum absolute atomic E-state index is 12.1. The highest BCUT2D eigenvalue weighted by Gasteiger charge is 2.35. The molecular weight excluding hydrogens is 228 g/mol. The molecule has 18 heavy (non-hydrogen) atoms. The van der Waals surface area contributed by atoms with Crippen molar-refractivity contribution < 1.29 is 9.90 Å². The molecule has 0 saturated carbocycles. The molecule has 0 aliphatic carbocycles. The molecule has 1 saturated heterocycles. The third kappa shape index (κ3) is 3.09. The van der Waals surface area contributed by atoms with Crippen molar-refractivity contribution in [2.24, 2.45) is 5.73 Å². The van der Waals surface area contributed by atoms with Crippen LogP contribution in [0.15, 0.2) is 30.3 Å². The quantitative estimate of drug-likeness (QED) is 0.820. The minimum atomic E-state index is -0.762. The number of likely N-dealkylation sites (tertiary alicyclic amines) is 1. The van der Waals surface area contributed by atoms with Crippen LogP contribution < -0.4 is 5.73 Å². The van der Waals surface area contributed by atoms with Crippen LogP contribution in [0, 0.1) is 0 Å². The van der Waals surface area contributed by atoms with Crippen molar-refractivity contribution in [3.05, 3.63) is 35.9 Å². The highest BCUT2D eigenvalue weighted by molar-refractivity contribution is 5.82. The Morgan fingerprint density at radius 3 is 2.72 bits per heavy atom. The zero-order chi connectivity index (χ0) is 13.2. The van der Waals surface area contributed by atoms with Crippen molar-refractivity contribution >= 4 is 5.91 Å². The topological polar surface area (TPSA) is 66.6 Å². The summed E-state index contributed by atoms with van der Waals surface area (Å²) in [7, 11) is 0. The number of aliphatic hydroxyl groups is 1. The van der Waals surface area contributed by atoms with Crippen LogP contribution in [-0.2, 0) is 11.2 Å². The van der Waals surface area contributed by atoms with Gasteiger partial charge in [0.1, 0.15) is 0 Å². The highest BCUT2D eigenvalue weighted by Crippen LogP contribution is 2.21. The summed E-state index contributed by atoms with van der Waals surface area (Å²) in [5, 5.41) is 9.85. The van der Waals surface area contributed by atoms with E-state index < -0.39 is 11.6 Å². The Morgan fingerprint density at radius 1 is 1.50 bits per heavy atom. The number of carbonyl (C=O) groups excluding carboxylic acids is 1. The molecule has 1 unspecified atom stereocenters. The smallest absolute Gasteiger partial charge is 0.239 e. The first-order valence-corrected chi connectivity index (χ1v) is 6.29. The molecule has 1 fully saturated rings. The van der Waals surface area contributed by atoms with Crippen molar-refractivity contribution in [3.8, 4) is 0 Å². The summed E-state index contributed by atoms with van der Waals surface area (Å²) in [6.07, 6.45) is 1.16. The Morgan fingerprint density at radius 2 is 2.17 bits per heavy atom. The molecule has 1 aliphatic heterocycles. The van der Waals surface area contributed by atoms with Crippen LogP contribution in [-0.4, -0.2) is 40.6 Å². The Labute approximate surface area is 107 Å². The van der Waals surface area contributed by atoms with E-state index in [9.17, 15) is 9.90 Å². The number of amides is 1. The average Bonchev–Trinajstić information content (AvgIpc) is 2.70. The molecule has 1 aromatic rings. The standard InChI is InChI=1S/C14H20N2O2/c1-14(18)7-8-16(10-14)13(17)12(15)9-11-5-3-2-4-6-11/h2-6,12,18H,7-10,15H2,1H3/t12-,14?/m0/s1. The van der Waals surface area contributed by atoms with Crippen LogP contribution in [0.1, 0.15) is 18.9 Å². The third-order valence-corrected chi connectivity index (χ3v) is 3.38. The summed E-state index contributed by atoms with van der Waals surface area (Å²) in [5.74, 6) is -0.0726. The van der Waals surface area contributed by atoms with Gasteiger partial charge in [-0.15, -0.1) is 0 Å². The van der Waals surface area contributed by atoms with E-state index in [-0.39, 0.29) is 5.91 Å². The van der Waals surface area contributed by atoms with Gasteiger partial charge in [-0.25, -0.2) is 0 Å². The van der Waals surface area contributed by atoms with Gasteiger partial charge in [0.05, 0.1) is 11.6 Å². The molecule has 4 nitrogen and oxygen atoms in total. The van der Waals surface area contributed by atoms with Crippen molar-refractivity contribution in [1.82, 2.24) is 4.90 Å². The number of nitrogens with zero attached hydrogens (tertiary/aromatic N) is 1. The number of nitrogens with two attached hydrogens (primary N) is 1. The number of rotatable bonds is 3. The first-order valence-electron chi connectivity index (χ1n) is 6.29. The van der Waals surface area contributed by atoms with Gasteiger partial charge in [-0.1, -0.05) is 30.3 Å². The SMILES string of the molecule is CC1(O)CCN(C(=O)[C@@H](N)Cc2ccccc2)C1. The van der Waals surface area contributed by atoms with Crippen LogP contribution in [0.2, 0.25) is 0 Å². The second-order valence-electron chi connectivity index (χ2n) is 5.30. The van der Waals surface area contributed by atoms with Crippen molar-refractivity contribution in [2.75, 3.05) is 13.1 Å². The summed E-state index contributed by atoms with van der Waals surface area (Å²) in [4.78, 5) is 13.8. The van der Waals surface area contributed by atoms with E-state index in [4.69, 9.17) is 5.73 Å². The van der Waals surface area contributed by atoms with Crippen LogP contribution in [0.3, 0.4) is 0 Å². The fourth-order valence-electron chi connectivity index (χ4n) is 2.32. The molecule has 0 spiro atoms. The molecule has 98 valence electrons. The number of benzene rings is 1. The minimum absolute atomic E-state index is 0.0726. The fourth-order valence-corrected chi connectivity index (χ4v) is 2.32. The minimum Gasteiger partial charge on any atom is -0.388 e. The molecule has 0 bridgehead atoms. The number of hydrogen-bond donors (Lipinski definition) is 2. The van der Waals surface area contributed by atoms with Gasteiger partial charge in [0, 0.05) is 13.1 Å². The van der Waals surface area contributed by atoms with E-state index in [0.29, 0.717) is 25.9 Å². The summed E-state index contributed by atoms with van der Waals surface area (Å²) in [5.41, 5.74) is 6.24. The lowest BCUT2D eigenvalue weighted by Gasteiger charge is -2.22. The van der Waals surface area contributed by atoms with Crippen molar-refractivity contribution in [2.45, 2.75) is 31.4 Å². The first-order chi connectivity index (χ1) is 8.48. The summed E-state index contributed by atoms with van der Waals surface area (Å²) in [6.45, 7) is 2.73. The van der Waals surface area contributed by atoms with Gasteiger partial charge < -0.3 is 15.7 Å². The van der Waals surface area contributed by atoms with Gasteiger partial charge in [0.2, 0.25) is 5.91 Å². The largest absolute Gasteiger partial charge is 0.388 e. The maximum Gasteiger partial charge on any atom is 0.239 e. The maximum atomic E-state index is 12.1. The van der Waals surface area contributed by atoms with Crippen LogP contribution in [0.5, 0.6) is 0 Å². The normalized spacial score (nSPS) is 25.2. The number of hydrogen-bond acceptors (Lipinski definition) is 3. The van der Waals surface area contributed by atoms with E-state index in [0.717, 1.165) is 5.56 Å². The second-order valence-corrected chi connectivity index (χ2v) is 5.30. The van der Waals surface area contributed by atoms with Gasteiger partial charge in [0.25, 0.3) is 0 Å². The molecule has 1 amide bonds. The average molecular weight is 248 g/mol. The predicted octanol–water partition coefficient (Wildman–Crippen LogP) is 0.540. The van der Waals surface area contributed by atoms with E-state index in [2.05, 4.69) is 0 Å². The predicted molar refractivity (Wildman–Crippen MR) is 69.9 cm³/mol. The van der Waals surface area contributed by atoms with Gasteiger partial charge in [-0.05, 0) is 25.3 Å². The van der Waals surface area contributed by atoms with Gasteiger partial charge in [-0.3, -0.25) is 4.79 Å². The molecule has 4 heteroatoms. The molecule has 0 radical (unpaired) electrons. The van der Waals surface area contributed by atoms with Crippen molar-refractivity contribution in [3.63, 3.8) is 0 Å². The molecular formula is C14H20N2O2. The zero-order valence-corrected chi connectivity index (χ0v) is 10.7. The van der Waals surface area contributed by atoms with Crippen LogP contribution in [0.4, 0.5) is 0 Å². The number of β-amino-alcohol motifs (C(OH)–C–C–N with tert-alkyl or cyclic N) is 1. The molecule has 3 N–H and O–H groups in total. The monoisotopic (exact) mass is 248 g/mol. The third-order valence-electron chi connectivity index (χ3n) is 3.38. The molecule has 1 heterocycles. The van der Waals surface area contributed by atoms with E-state index >= 15 is 0 Å². The summed E-state index contributed by atoms with van der Waals surface area (Å²) < 4.78 is 0.